The minimum absolute atomic E-state index is 0.166. The van der Waals surface area contributed by atoms with Crippen molar-refractivity contribution in [2.45, 2.75) is 11.8 Å². The Morgan fingerprint density at radius 1 is 0.943 bits per heavy atom. The number of aromatic nitrogens is 5. The van der Waals surface area contributed by atoms with Crippen LogP contribution in [-0.2, 0) is 10.0 Å². The molecule has 5 aromatic rings. The Labute approximate surface area is 199 Å². The molecule has 0 saturated carbocycles. The number of fused-ring (bicyclic) bond motifs is 1. The molecule has 0 aliphatic heterocycles. The van der Waals surface area contributed by atoms with Crippen molar-refractivity contribution in [1.82, 2.24) is 24.8 Å². The summed E-state index contributed by atoms with van der Waals surface area (Å²) in [5.41, 5.74) is 2.71. The number of benzene rings is 2. The molecule has 1 N–H and O–H groups in total. The fourth-order valence-corrected chi connectivity index (χ4v) is 4.86. The third-order valence-electron chi connectivity index (χ3n) is 5.24. The molecule has 0 radical (unpaired) electrons. The fourth-order valence-electron chi connectivity index (χ4n) is 3.54. The lowest BCUT2D eigenvalue weighted by Crippen LogP contribution is -2.14. The number of nitro groups is 1. The highest BCUT2D eigenvalue weighted by molar-refractivity contribution is 7.92. The molecule has 174 valence electrons. The first-order chi connectivity index (χ1) is 16.8. The first-order valence-corrected chi connectivity index (χ1v) is 11.8. The van der Waals surface area contributed by atoms with Gasteiger partial charge in [0.15, 0.2) is 5.65 Å². The van der Waals surface area contributed by atoms with E-state index < -0.39 is 14.9 Å². The normalized spacial score (nSPS) is 11.5. The van der Waals surface area contributed by atoms with Crippen LogP contribution in [0.5, 0.6) is 0 Å². The van der Waals surface area contributed by atoms with Gasteiger partial charge in [-0.25, -0.2) is 8.42 Å². The van der Waals surface area contributed by atoms with Gasteiger partial charge in [-0.15, -0.1) is 10.2 Å². The number of non-ortho nitro benzene ring substituents is 1. The van der Waals surface area contributed by atoms with Crippen molar-refractivity contribution in [1.29, 1.82) is 0 Å². The number of aryl methyl sites for hydroxylation is 1. The van der Waals surface area contributed by atoms with Crippen LogP contribution in [-0.4, -0.2) is 38.1 Å². The van der Waals surface area contributed by atoms with E-state index in [1.54, 1.807) is 66.2 Å². The molecule has 12 heteroatoms. The van der Waals surface area contributed by atoms with Crippen LogP contribution < -0.4 is 4.72 Å². The highest BCUT2D eigenvalue weighted by atomic mass is 32.2. The standard InChI is InChI=1S/C23H17N7O4S/c1-15-8-9-18(30(31)32)14-21(15)35(33,34)28-17-6-4-5-16(13-17)19-10-11-22-25-26-23(29(22)27-19)20-7-2-3-12-24-20/h2-14,28H,1H3. The Morgan fingerprint density at radius 2 is 1.80 bits per heavy atom. The minimum Gasteiger partial charge on any atom is -0.280 e. The van der Waals surface area contributed by atoms with Gasteiger partial charge >= 0.3 is 0 Å². The summed E-state index contributed by atoms with van der Waals surface area (Å²) in [4.78, 5) is 14.6. The summed E-state index contributed by atoms with van der Waals surface area (Å²) < 4.78 is 30.1. The van der Waals surface area contributed by atoms with E-state index in [-0.39, 0.29) is 16.3 Å². The molecule has 5 rings (SSSR count). The number of nitrogens with zero attached hydrogens (tertiary/aromatic N) is 6. The van der Waals surface area contributed by atoms with E-state index in [2.05, 4.69) is 25.0 Å². The SMILES string of the molecule is Cc1ccc([N+](=O)[O-])cc1S(=O)(=O)Nc1cccc(-c2ccc3nnc(-c4ccccn4)n3n2)c1. The summed E-state index contributed by atoms with van der Waals surface area (Å²) in [6, 6.07) is 19.3. The number of sulfonamides is 1. The zero-order valence-corrected chi connectivity index (χ0v) is 19.0. The van der Waals surface area contributed by atoms with Gasteiger partial charge in [0.25, 0.3) is 15.7 Å². The average Bonchev–Trinajstić information content (AvgIpc) is 3.28. The zero-order valence-electron chi connectivity index (χ0n) is 18.2. The molecule has 0 aliphatic rings. The molecule has 0 bridgehead atoms. The topological polar surface area (TPSA) is 145 Å². The molecule has 0 unspecified atom stereocenters. The van der Waals surface area contributed by atoms with Gasteiger partial charge in [0.2, 0.25) is 5.82 Å². The van der Waals surface area contributed by atoms with E-state index in [4.69, 9.17) is 0 Å². The van der Waals surface area contributed by atoms with E-state index in [1.807, 2.05) is 6.07 Å². The summed E-state index contributed by atoms with van der Waals surface area (Å²) in [5.74, 6) is 0.473. The lowest BCUT2D eigenvalue weighted by molar-refractivity contribution is -0.385. The molecule has 0 spiro atoms. The van der Waals surface area contributed by atoms with Gasteiger partial charge in [0, 0.05) is 29.6 Å². The van der Waals surface area contributed by atoms with Crippen LogP contribution >= 0.6 is 0 Å². The quantitative estimate of drug-likeness (QED) is 0.281. The van der Waals surface area contributed by atoms with Crippen LogP contribution in [0.15, 0.2) is 83.9 Å². The Balaban J connectivity index is 1.50. The summed E-state index contributed by atoms with van der Waals surface area (Å²) in [7, 11) is -4.08. The predicted molar refractivity (Wildman–Crippen MR) is 128 cm³/mol. The Hall–Kier alpha value is -4.71. The van der Waals surface area contributed by atoms with Crippen molar-refractivity contribution in [2.75, 3.05) is 4.72 Å². The molecule has 3 aromatic heterocycles. The number of nitrogens with one attached hydrogen (secondary N) is 1. The molecule has 0 aliphatic carbocycles. The molecule has 3 heterocycles. The molecule has 0 fully saturated rings. The summed E-state index contributed by atoms with van der Waals surface area (Å²) in [6.07, 6.45) is 1.65. The summed E-state index contributed by atoms with van der Waals surface area (Å²) >= 11 is 0. The Bertz CT molecular complexity index is 1690. The van der Waals surface area contributed by atoms with Gasteiger partial charge in [-0.1, -0.05) is 24.3 Å². The second-order valence-corrected chi connectivity index (χ2v) is 9.27. The molecule has 11 nitrogen and oxygen atoms in total. The maximum atomic E-state index is 13.0. The van der Waals surface area contributed by atoms with Crippen LogP contribution in [0.4, 0.5) is 11.4 Å². The number of nitro benzene ring substituents is 1. The van der Waals surface area contributed by atoms with Crippen LogP contribution in [0.25, 0.3) is 28.4 Å². The number of hydrogen-bond donors (Lipinski definition) is 1. The van der Waals surface area contributed by atoms with E-state index in [0.717, 1.165) is 6.07 Å². The van der Waals surface area contributed by atoms with E-state index >= 15 is 0 Å². The van der Waals surface area contributed by atoms with Gasteiger partial charge in [-0.2, -0.15) is 9.61 Å². The van der Waals surface area contributed by atoms with Crippen molar-refractivity contribution >= 4 is 27.0 Å². The number of pyridine rings is 1. The van der Waals surface area contributed by atoms with Crippen molar-refractivity contribution in [2.24, 2.45) is 0 Å². The Kier molecular flexibility index (Phi) is 5.41. The van der Waals surface area contributed by atoms with Crippen LogP contribution in [0.3, 0.4) is 0 Å². The van der Waals surface area contributed by atoms with Crippen molar-refractivity contribution in [3.63, 3.8) is 0 Å². The minimum atomic E-state index is -4.08. The number of anilines is 1. The summed E-state index contributed by atoms with van der Waals surface area (Å²) in [5, 5.41) is 24.0. The summed E-state index contributed by atoms with van der Waals surface area (Å²) in [6.45, 7) is 1.58. The monoisotopic (exact) mass is 487 g/mol. The largest absolute Gasteiger partial charge is 0.280 e. The van der Waals surface area contributed by atoms with Crippen molar-refractivity contribution in [3.05, 3.63) is 94.7 Å². The molecule has 0 atom stereocenters. The van der Waals surface area contributed by atoms with E-state index in [9.17, 15) is 18.5 Å². The molecular formula is C23H17N7O4S. The molecule has 0 saturated heterocycles. The van der Waals surface area contributed by atoms with Gasteiger partial charge < -0.3 is 0 Å². The first-order valence-electron chi connectivity index (χ1n) is 10.3. The average molecular weight is 488 g/mol. The maximum absolute atomic E-state index is 13.0. The smallest absolute Gasteiger partial charge is 0.270 e. The Morgan fingerprint density at radius 3 is 2.57 bits per heavy atom. The lowest BCUT2D eigenvalue weighted by Gasteiger charge is -2.11. The molecule has 35 heavy (non-hydrogen) atoms. The second-order valence-electron chi connectivity index (χ2n) is 7.62. The highest BCUT2D eigenvalue weighted by Crippen LogP contribution is 2.27. The third-order valence-corrected chi connectivity index (χ3v) is 6.76. The molecule has 0 amide bonds. The van der Waals surface area contributed by atoms with E-state index in [1.165, 1.54) is 12.1 Å². The van der Waals surface area contributed by atoms with E-state index in [0.29, 0.717) is 34.0 Å². The molecule has 2 aromatic carbocycles. The number of rotatable bonds is 6. The second kappa shape index (κ2) is 8.57. The van der Waals surface area contributed by atoms with Crippen LogP contribution in [0.1, 0.15) is 5.56 Å². The third kappa shape index (κ3) is 4.29. The zero-order chi connectivity index (χ0) is 24.6. The lowest BCUT2D eigenvalue weighted by atomic mass is 10.1. The van der Waals surface area contributed by atoms with Gasteiger partial charge in [-0.3, -0.25) is 19.8 Å². The van der Waals surface area contributed by atoms with Crippen LogP contribution in [0, 0.1) is 17.0 Å². The predicted octanol–water partition coefficient (Wildman–Crippen LogP) is 3.87. The van der Waals surface area contributed by atoms with Gasteiger partial charge in [0.1, 0.15) is 5.69 Å². The van der Waals surface area contributed by atoms with Crippen LogP contribution in [0.2, 0.25) is 0 Å². The van der Waals surface area contributed by atoms with Gasteiger partial charge in [0.05, 0.1) is 15.5 Å². The molecular weight excluding hydrogens is 470 g/mol. The fraction of sp³-hybridized carbons (Fsp3) is 0.0435. The highest BCUT2D eigenvalue weighted by Gasteiger charge is 2.21. The maximum Gasteiger partial charge on any atom is 0.270 e. The van der Waals surface area contributed by atoms with Gasteiger partial charge in [-0.05, 0) is 48.9 Å². The number of hydrogen-bond acceptors (Lipinski definition) is 8. The van der Waals surface area contributed by atoms with Crippen molar-refractivity contribution in [3.8, 4) is 22.8 Å². The first kappa shape index (κ1) is 22.1. The van der Waals surface area contributed by atoms with Crippen molar-refractivity contribution < 1.29 is 13.3 Å².